The number of carbonyl (C=O) groups is 4. The summed E-state index contributed by atoms with van der Waals surface area (Å²) in [5.41, 5.74) is -1.57. The molecule has 2 aliphatic rings. The summed E-state index contributed by atoms with van der Waals surface area (Å²) in [6, 6.07) is 20.2. The van der Waals surface area contributed by atoms with Crippen LogP contribution in [0.3, 0.4) is 0 Å². The van der Waals surface area contributed by atoms with Gasteiger partial charge < -0.3 is 98.9 Å². The number of benzene rings is 4. The molecule has 0 spiro atoms. The second-order valence-electron chi connectivity index (χ2n) is 15.3. The molecule has 396 valence electrons. The van der Waals surface area contributed by atoms with Crippen molar-refractivity contribution in [2.45, 2.75) is 67.7 Å². The Morgan fingerprint density at radius 1 is 0.595 bits per heavy atom. The van der Waals surface area contributed by atoms with Crippen LogP contribution >= 0.6 is 37.2 Å². The predicted octanol–water partition coefficient (Wildman–Crippen LogP) is 1.08. The van der Waals surface area contributed by atoms with E-state index in [9.17, 15) is 80.5 Å². The van der Waals surface area contributed by atoms with E-state index in [1.165, 1.54) is 0 Å². The van der Waals surface area contributed by atoms with Crippen LogP contribution in [0.4, 0.5) is 0 Å². The van der Waals surface area contributed by atoms with Gasteiger partial charge in [-0.15, -0.1) is 0 Å². The third kappa shape index (κ3) is 12.3. The van der Waals surface area contributed by atoms with Crippen LogP contribution in [0.5, 0.6) is 34.5 Å². The van der Waals surface area contributed by atoms with Crippen LogP contribution in [-0.2, 0) is 33.4 Å². The van der Waals surface area contributed by atoms with Crippen molar-refractivity contribution in [3.63, 3.8) is 0 Å². The number of phenols is 4. The molecule has 2 aromatic heterocycles. The zero-order valence-electron chi connectivity index (χ0n) is 37.4. The normalized spacial score (nSPS) is 23.5. The maximum absolute atomic E-state index is 12.9. The van der Waals surface area contributed by atoms with Crippen molar-refractivity contribution < 1.29 is 118 Å². The van der Waals surface area contributed by atoms with Gasteiger partial charge >= 0.3 is 11.9 Å². The Bertz CT molecular complexity index is 3070. The number of hydrogen-bond acceptors (Lipinski definition) is 24. The van der Waals surface area contributed by atoms with E-state index < -0.39 is 142 Å². The molecular formula is C46H42I2O26. The summed E-state index contributed by atoms with van der Waals surface area (Å²) in [7, 11) is 1.07. The summed E-state index contributed by atoms with van der Waals surface area (Å²) < 4.78 is 37.1. The number of ether oxygens (including phenoxy) is 5. The highest BCUT2D eigenvalue weighted by molar-refractivity contribution is 15.0. The Morgan fingerprint density at radius 3 is 1.47 bits per heavy atom. The topological polar surface area (TPSA) is 438 Å². The Balaban J connectivity index is 0.000000249. The van der Waals surface area contributed by atoms with Crippen molar-refractivity contribution in [3.05, 3.63) is 105 Å². The number of carboxylic acids is 2. The number of aliphatic hydroxyl groups excluding tert-OH is 7. The zero-order chi connectivity index (χ0) is 54.9. The lowest BCUT2D eigenvalue weighted by molar-refractivity contribution is -0.271. The molecule has 2 saturated heterocycles. The van der Waals surface area contributed by atoms with Crippen LogP contribution in [0.1, 0.15) is 11.9 Å². The number of aromatic hydroxyl groups is 4. The first kappa shape index (κ1) is 58.3. The van der Waals surface area contributed by atoms with Gasteiger partial charge in [-0.1, -0.05) is 60.7 Å². The average molecular weight is 1260 g/mol. The number of methoxy groups -OCH3 is 1. The summed E-state index contributed by atoms with van der Waals surface area (Å²) >= 11 is 4.24. The third-order valence-electron chi connectivity index (χ3n) is 10.8. The van der Waals surface area contributed by atoms with Crippen LogP contribution in [0.15, 0.2) is 97.3 Å². The van der Waals surface area contributed by atoms with Gasteiger partial charge in [0.15, 0.2) is 70.5 Å². The molecule has 74 heavy (non-hydrogen) atoms. The van der Waals surface area contributed by atoms with E-state index in [1.807, 2.05) is 0 Å². The number of phenolic OH excluding ortho intramolecular Hbond substituents is 4. The summed E-state index contributed by atoms with van der Waals surface area (Å²) in [5, 5.41) is 130. The molecule has 6 aromatic rings. The fraction of sp³-hybridized carbons (Fsp3) is 0.261. The Hall–Kier alpha value is -6.56. The molecule has 0 radical (unpaired) electrons. The van der Waals surface area contributed by atoms with Crippen LogP contribution in [0, 0.1) is 0 Å². The standard InChI is InChI=1S/C23H22O13.C21H18O11.C2H2O2.I2/c1-33-22(32)12-18-11(9(24)7-10(34-18)8-5-3-2-4-6-8)13(25)15(27)19(12)35-23-17(29)14(26)16(28)20(36-23)21(30)31;22-9-6-10(8-4-2-1-3-5-8)30-11-7-12(14(23)15(24)13(9)11)31-21-18(27)16(25)17(26)19(32-21)20(28)29;3-1-2-4;1-2/h2-7,14,16-17,20,22-23,25-29,32H,1H3,(H,30,31);1-7,16-19,21,23-27H,(H,28,29);1-2H;/t14-,16-,17+,20-,22?,23+;16-,17-,18+,19-,21+;;/m00../s1. The molecule has 4 heterocycles. The number of aliphatic hydroxyl groups is 7. The van der Waals surface area contributed by atoms with Gasteiger partial charge in [0.1, 0.15) is 64.5 Å². The first-order chi connectivity index (χ1) is 35.2. The fourth-order valence-corrected chi connectivity index (χ4v) is 7.21. The lowest BCUT2D eigenvalue weighted by atomic mass is 9.99. The molecule has 0 bridgehead atoms. The molecule has 1 unspecified atom stereocenters. The number of carboxylic acid groups (broad SMARTS) is 2. The molecule has 0 amide bonds. The third-order valence-corrected chi connectivity index (χ3v) is 10.8. The average Bonchev–Trinajstić information content (AvgIpc) is 3.39. The van der Waals surface area contributed by atoms with Crippen molar-refractivity contribution in [2.75, 3.05) is 7.11 Å². The lowest BCUT2D eigenvalue weighted by Crippen LogP contribution is -2.61. The van der Waals surface area contributed by atoms with Crippen LogP contribution in [-0.4, -0.2) is 159 Å². The first-order valence-corrected chi connectivity index (χ1v) is 27.1. The number of fused-ring (bicyclic) bond motifs is 2. The summed E-state index contributed by atoms with van der Waals surface area (Å²) in [5.74, 6) is -8.35. The Morgan fingerprint density at radius 2 is 1.03 bits per heavy atom. The van der Waals surface area contributed by atoms with Crippen molar-refractivity contribution in [2.24, 2.45) is 0 Å². The summed E-state index contributed by atoms with van der Waals surface area (Å²) in [4.78, 5) is 65.7. The van der Waals surface area contributed by atoms with E-state index in [2.05, 4.69) is 37.2 Å². The van der Waals surface area contributed by atoms with Crippen LogP contribution in [0.25, 0.3) is 44.6 Å². The molecule has 26 nitrogen and oxygen atoms in total. The molecule has 28 heteroatoms. The number of rotatable bonds is 11. The van der Waals surface area contributed by atoms with Crippen LogP contribution < -0.4 is 20.3 Å². The number of hydrogen-bond donors (Lipinski definition) is 13. The number of halogens is 2. The molecule has 2 fully saturated rings. The Kier molecular flexibility index (Phi) is 20.2. The van der Waals surface area contributed by atoms with E-state index in [1.54, 1.807) is 60.7 Å². The lowest BCUT2D eigenvalue weighted by Gasteiger charge is -2.38. The van der Waals surface area contributed by atoms with Gasteiger partial charge in [0.25, 0.3) is 0 Å². The predicted molar refractivity (Wildman–Crippen MR) is 265 cm³/mol. The highest BCUT2D eigenvalue weighted by Crippen LogP contribution is 2.49. The molecule has 13 N–H and O–H groups in total. The van der Waals surface area contributed by atoms with Gasteiger partial charge in [-0.25, -0.2) is 9.59 Å². The Labute approximate surface area is 436 Å². The number of aliphatic carboxylic acids is 2. The zero-order valence-corrected chi connectivity index (χ0v) is 41.7. The SMILES string of the molecule is COC(O)c1c(O[C@@H]2O[C@H](C(=O)O)[C@@H](O)[C@H](O)[C@H]2O)c(O)c(O)c2c(=O)cc(-c3ccccc3)oc12.II.O=C(O)[C@H]1O[C@@H](Oc2cc3oc(-c4ccccc4)cc(=O)c3c(O)c2O)[C@H](O)[C@@H](O)[C@@H]1O.O=CC=O. The van der Waals surface area contributed by atoms with E-state index in [-0.39, 0.29) is 35.1 Å². The highest BCUT2D eigenvalue weighted by atomic mass is 128. The minimum absolute atomic E-state index is 0.0205. The van der Waals surface area contributed by atoms with Gasteiger partial charge in [-0.3, -0.25) is 19.2 Å². The maximum Gasteiger partial charge on any atom is 0.335 e. The molecule has 11 atom stereocenters. The van der Waals surface area contributed by atoms with Crippen molar-refractivity contribution in [3.8, 4) is 57.1 Å². The monoisotopic (exact) mass is 1260 g/mol. The smallest absolute Gasteiger partial charge is 0.335 e. The van der Waals surface area contributed by atoms with Gasteiger partial charge in [0.05, 0.1) is 5.56 Å². The molecule has 2 aliphatic heterocycles. The molecule has 8 rings (SSSR count). The van der Waals surface area contributed by atoms with E-state index in [0.717, 1.165) is 25.3 Å². The van der Waals surface area contributed by atoms with Gasteiger partial charge in [0, 0.05) is 73.7 Å². The quantitative estimate of drug-likeness (QED) is 0.0284. The number of aldehydes is 2. The van der Waals surface area contributed by atoms with Crippen molar-refractivity contribution in [1.29, 1.82) is 0 Å². The van der Waals surface area contributed by atoms with E-state index in [0.29, 0.717) is 11.1 Å². The second kappa shape index (κ2) is 25.6. The van der Waals surface area contributed by atoms with Crippen LogP contribution in [0.2, 0.25) is 0 Å². The number of carbonyl (C=O) groups excluding carboxylic acids is 2. The summed E-state index contributed by atoms with van der Waals surface area (Å²) in [6.45, 7) is 0. The van der Waals surface area contributed by atoms with Gasteiger partial charge in [0.2, 0.25) is 24.1 Å². The first-order valence-electron chi connectivity index (χ1n) is 20.8. The minimum atomic E-state index is -2.04. The largest absolute Gasteiger partial charge is 0.504 e. The highest BCUT2D eigenvalue weighted by Gasteiger charge is 2.50. The fourth-order valence-electron chi connectivity index (χ4n) is 7.21. The molecule has 4 aromatic carbocycles. The van der Waals surface area contributed by atoms with Crippen molar-refractivity contribution in [1.82, 2.24) is 0 Å². The molecular weight excluding hydrogens is 1220 g/mol. The van der Waals surface area contributed by atoms with E-state index >= 15 is 0 Å². The molecule has 0 saturated carbocycles. The molecule has 0 aliphatic carbocycles. The second-order valence-corrected chi connectivity index (χ2v) is 15.3. The summed E-state index contributed by atoms with van der Waals surface area (Å²) in [6.07, 6.45) is -21.3. The van der Waals surface area contributed by atoms with Gasteiger partial charge in [-0.05, 0) is 0 Å². The van der Waals surface area contributed by atoms with Gasteiger partial charge in [-0.2, -0.15) is 0 Å². The minimum Gasteiger partial charge on any atom is -0.504 e. The van der Waals surface area contributed by atoms with Crippen molar-refractivity contribution >= 4 is 83.7 Å². The maximum atomic E-state index is 12.9. The van der Waals surface area contributed by atoms with E-state index in [4.69, 9.17) is 47.2 Å².